The smallest absolute Gasteiger partial charge is 0.329 e. The molecule has 0 aliphatic rings. The molecule has 0 bridgehead atoms. The van der Waals surface area contributed by atoms with Crippen molar-refractivity contribution in [3.05, 3.63) is 50.7 Å². The Morgan fingerprint density at radius 2 is 2.00 bits per heavy atom. The number of likely N-dealkylation sites (N-methyl/N-ethyl adjacent to an activating group) is 1. The number of aryl methyl sites for hydroxylation is 1. The second kappa shape index (κ2) is 12.5. The molecule has 2 aromatic rings. The Morgan fingerprint density at radius 1 is 1.25 bits per heavy atom. The summed E-state index contributed by atoms with van der Waals surface area (Å²) in [5, 5.41) is 14.2. The van der Waals surface area contributed by atoms with Crippen LogP contribution in [0.1, 0.15) is 27.7 Å². The first-order valence-corrected chi connectivity index (χ1v) is 11.3. The van der Waals surface area contributed by atoms with Crippen molar-refractivity contribution >= 4 is 46.4 Å². The summed E-state index contributed by atoms with van der Waals surface area (Å²) in [4.78, 5) is 38.7. The maximum atomic E-state index is 12.9. The van der Waals surface area contributed by atoms with Crippen LogP contribution in [0.4, 0.5) is 5.69 Å². The second-order valence-electron chi connectivity index (χ2n) is 7.32. The molecule has 2 rings (SSSR count). The van der Waals surface area contributed by atoms with Crippen molar-refractivity contribution in [1.29, 1.82) is 0 Å². The van der Waals surface area contributed by atoms with Gasteiger partial charge in [0, 0.05) is 12.2 Å². The molecule has 0 fully saturated rings. The van der Waals surface area contributed by atoms with Crippen LogP contribution >= 0.6 is 22.9 Å². The largest absolute Gasteiger partial charge is 0.480 e. The van der Waals surface area contributed by atoms with Gasteiger partial charge >= 0.3 is 5.97 Å². The van der Waals surface area contributed by atoms with E-state index in [0.29, 0.717) is 14.9 Å². The monoisotopic (exact) mass is 481 g/mol. The van der Waals surface area contributed by atoms with Gasteiger partial charge in [0.15, 0.2) is 0 Å². The highest BCUT2D eigenvalue weighted by Gasteiger charge is 2.23. The Labute approximate surface area is 196 Å². The number of nitrogens with one attached hydrogen (secondary N) is 2. The van der Waals surface area contributed by atoms with Gasteiger partial charge < -0.3 is 25.4 Å². The third-order valence-corrected chi connectivity index (χ3v) is 6.08. The number of benzene rings is 1. The van der Waals surface area contributed by atoms with Gasteiger partial charge in [-0.05, 0) is 62.3 Å². The first-order chi connectivity index (χ1) is 15.2. The van der Waals surface area contributed by atoms with Crippen molar-refractivity contribution in [2.75, 3.05) is 38.7 Å². The fourth-order valence-electron chi connectivity index (χ4n) is 2.83. The van der Waals surface area contributed by atoms with Crippen LogP contribution in [0.5, 0.6) is 0 Å². The first kappa shape index (κ1) is 25.8. The van der Waals surface area contributed by atoms with Crippen LogP contribution in [-0.4, -0.2) is 67.2 Å². The molecule has 1 aromatic carbocycles. The van der Waals surface area contributed by atoms with Crippen LogP contribution in [0.25, 0.3) is 0 Å². The zero-order chi connectivity index (χ0) is 23.7. The predicted molar refractivity (Wildman–Crippen MR) is 126 cm³/mol. The minimum absolute atomic E-state index is 0.289. The van der Waals surface area contributed by atoms with E-state index in [0.717, 1.165) is 42.0 Å². The van der Waals surface area contributed by atoms with Crippen LogP contribution in [0.2, 0.25) is 4.34 Å². The molecule has 2 amide bonds. The number of carbonyl (C=O) groups is 3. The Balaban J connectivity index is 2.10. The van der Waals surface area contributed by atoms with Gasteiger partial charge in [-0.15, -0.1) is 11.3 Å². The molecule has 0 aliphatic carbocycles. The SMILES string of the molecule is CCN(C)CCc1cc(NC(=O)C(COCC(=O)O)NC(=O)c2ccc(Cl)s2)ccc1C. The van der Waals surface area contributed by atoms with Crippen LogP contribution in [0.3, 0.4) is 0 Å². The van der Waals surface area contributed by atoms with E-state index in [9.17, 15) is 14.4 Å². The van der Waals surface area contributed by atoms with E-state index >= 15 is 0 Å². The zero-order valence-corrected chi connectivity index (χ0v) is 19.9. The van der Waals surface area contributed by atoms with E-state index in [1.54, 1.807) is 18.2 Å². The molecular formula is C22H28ClN3O5S. The summed E-state index contributed by atoms with van der Waals surface area (Å²) in [6, 6.07) is 7.68. The zero-order valence-electron chi connectivity index (χ0n) is 18.3. The number of carboxylic acid groups (broad SMARTS) is 1. The second-order valence-corrected chi connectivity index (χ2v) is 9.03. The fraction of sp³-hybridized carbons (Fsp3) is 0.409. The number of rotatable bonds is 12. The maximum absolute atomic E-state index is 12.9. The number of ether oxygens (including phenoxy) is 1. The van der Waals surface area contributed by atoms with Gasteiger partial charge in [0.25, 0.3) is 5.91 Å². The van der Waals surface area contributed by atoms with Gasteiger partial charge in [0.05, 0.1) is 15.8 Å². The third-order valence-electron chi connectivity index (χ3n) is 4.85. The van der Waals surface area contributed by atoms with Crippen LogP contribution in [-0.2, 0) is 20.7 Å². The summed E-state index contributed by atoms with van der Waals surface area (Å²) in [5.74, 6) is -2.17. The standard InChI is InChI=1S/C22H28ClN3O5S/c1-4-26(3)10-9-15-11-16(6-5-14(15)2)24-21(29)17(12-31-13-20(27)28)25-22(30)18-7-8-19(23)32-18/h5-8,11,17H,4,9-10,12-13H2,1-3H3,(H,24,29)(H,25,30)(H,27,28). The Morgan fingerprint density at radius 3 is 2.62 bits per heavy atom. The molecule has 0 spiro atoms. The number of aliphatic carboxylic acids is 1. The lowest BCUT2D eigenvalue weighted by Crippen LogP contribution is -2.47. The van der Waals surface area contributed by atoms with Crippen molar-refractivity contribution < 1.29 is 24.2 Å². The molecule has 0 saturated carbocycles. The number of hydrogen-bond donors (Lipinski definition) is 3. The van der Waals surface area contributed by atoms with E-state index in [4.69, 9.17) is 21.4 Å². The molecule has 32 heavy (non-hydrogen) atoms. The minimum atomic E-state index is -1.17. The quantitative estimate of drug-likeness (QED) is 0.430. The lowest BCUT2D eigenvalue weighted by molar-refractivity contribution is -0.143. The van der Waals surface area contributed by atoms with E-state index in [-0.39, 0.29) is 6.61 Å². The Kier molecular flexibility index (Phi) is 10.1. The molecule has 1 unspecified atom stereocenters. The average molecular weight is 482 g/mol. The number of anilines is 1. The van der Waals surface area contributed by atoms with E-state index < -0.39 is 30.4 Å². The molecule has 10 heteroatoms. The van der Waals surface area contributed by atoms with Crippen molar-refractivity contribution in [1.82, 2.24) is 10.2 Å². The summed E-state index contributed by atoms with van der Waals surface area (Å²) < 4.78 is 5.52. The van der Waals surface area contributed by atoms with E-state index in [2.05, 4.69) is 22.5 Å². The summed E-state index contributed by atoms with van der Waals surface area (Å²) in [6.45, 7) is 5.08. The Bertz CT molecular complexity index is 949. The lowest BCUT2D eigenvalue weighted by atomic mass is 10.0. The number of carboxylic acids is 1. The minimum Gasteiger partial charge on any atom is -0.480 e. The lowest BCUT2D eigenvalue weighted by Gasteiger charge is -2.19. The van der Waals surface area contributed by atoms with Gasteiger partial charge in [-0.3, -0.25) is 9.59 Å². The molecule has 1 aromatic heterocycles. The van der Waals surface area contributed by atoms with Gasteiger partial charge in [0.2, 0.25) is 5.91 Å². The maximum Gasteiger partial charge on any atom is 0.329 e. The predicted octanol–water partition coefficient (Wildman–Crippen LogP) is 3.04. The number of amides is 2. The van der Waals surface area contributed by atoms with Gasteiger partial charge in [-0.2, -0.15) is 0 Å². The normalized spacial score (nSPS) is 11.9. The molecule has 3 N–H and O–H groups in total. The topological polar surface area (TPSA) is 108 Å². The molecule has 8 nitrogen and oxygen atoms in total. The number of hydrogen-bond acceptors (Lipinski definition) is 6. The highest BCUT2D eigenvalue weighted by molar-refractivity contribution is 7.18. The van der Waals surface area contributed by atoms with E-state index in [1.807, 2.05) is 26.1 Å². The number of carbonyl (C=O) groups excluding carboxylic acids is 2. The average Bonchev–Trinajstić information content (AvgIpc) is 3.19. The van der Waals surface area contributed by atoms with Crippen molar-refractivity contribution in [2.24, 2.45) is 0 Å². The fourth-order valence-corrected chi connectivity index (χ4v) is 3.78. The molecular weight excluding hydrogens is 454 g/mol. The molecule has 0 radical (unpaired) electrons. The van der Waals surface area contributed by atoms with Gasteiger partial charge in [0.1, 0.15) is 12.6 Å². The van der Waals surface area contributed by atoms with Gasteiger partial charge in [-0.1, -0.05) is 24.6 Å². The highest BCUT2D eigenvalue weighted by Crippen LogP contribution is 2.21. The first-order valence-electron chi connectivity index (χ1n) is 10.1. The molecule has 174 valence electrons. The summed E-state index contributed by atoms with van der Waals surface area (Å²) in [7, 11) is 2.05. The van der Waals surface area contributed by atoms with Crippen LogP contribution < -0.4 is 10.6 Å². The summed E-state index contributed by atoms with van der Waals surface area (Å²) in [6.07, 6.45) is 0.834. The van der Waals surface area contributed by atoms with Gasteiger partial charge in [-0.25, -0.2) is 4.79 Å². The van der Waals surface area contributed by atoms with Crippen LogP contribution in [0, 0.1) is 6.92 Å². The number of halogens is 1. The number of nitrogens with zero attached hydrogens (tertiary/aromatic N) is 1. The third kappa shape index (κ3) is 8.23. The number of thiophene rings is 1. The summed E-state index contributed by atoms with van der Waals surface area (Å²) in [5.41, 5.74) is 2.82. The van der Waals surface area contributed by atoms with Crippen LogP contribution in [0.15, 0.2) is 30.3 Å². The molecule has 1 atom stereocenters. The van der Waals surface area contributed by atoms with Crippen molar-refractivity contribution in [3.8, 4) is 0 Å². The molecule has 0 aliphatic heterocycles. The molecule has 1 heterocycles. The van der Waals surface area contributed by atoms with Crippen molar-refractivity contribution in [3.63, 3.8) is 0 Å². The Hall–Kier alpha value is -2.46. The summed E-state index contributed by atoms with van der Waals surface area (Å²) >= 11 is 6.96. The van der Waals surface area contributed by atoms with Crippen molar-refractivity contribution in [2.45, 2.75) is 26.3 Å². The highest BCUT2D eigenvalue weighted by atomic mass is 35.5. The molecule has 0 saturated heterocycles. The van der Waals surface area contributed by atoms with E-state index in [1.165, 1.54) is 0 Å².